The van der Waals surface area contributed by atoms with Crippen molar-refractivity contribution in [3.63, 3.8) is 0 Å². The topological polar surface area (TPSA) is 153 Å². The smallest absolute Gasteiger partial charge is 0.270 e. The van der Waals surface area contributed by atoms with Crippen LogP contribution in [0.5, 0.6) is 0 Å². The molecular formula is C23H17ClN6O5S. The van der Waals surface area contributed by atoms with E-state index >= 15 is 0 Å². The fourth-order valence-corrected chi connectivity index (χ4v) is 4.10. The Kier molecular flexibility index (Phi) is 7.47. The minimum absolute atomic E-state index is 0.0863. The Hall–Kier alpha value is -4.42. The molecule has 2 aromatic heterocycles. The molecule has 0 radical (unpaired) electrons. The van der Waals surface area contributed by atoms with Gasteiger partial charge in [0.25, 0.3) is 11.6 Å². The highest BCUT2D eigenvalue weighted by Gasteiger charge is 2.15. The molecule has 0 unspecified atom stereocenters. The Morgan fingerprint density at radius 2 is 2.00 bits per heavy atom. The van der Waals surface area contributed by atoms with Crippen molar-refractivity contribution in [3.05, 3.63) is 91.6 Å². The van der Waals surface area contributed by atoms with Crippen LogP contribution >= 0.6 is 22.9 Å². The largest absolute Gasteiger partial charge is 0.455 e. The number of hydrazone groups is 1. The van der Waals surface area contributed by atoms with Gasteiger partial charge in [0.15, 0.2) is 0 Å². The number of carbonyl (C=O) groups excluding carboxylic acids is 2. The highest BCUT2D eigenvalue weighted by Crippen LogP contribution is 2.32. The second-order valence-electron chi connectivity index (χ2n) is 7.36. The summed E-state index contributed by atoms with van der Waals surface area (Å²) in [6.45, 7) is 1.83. The number of nitrogens with zero attached hydrogens (tertiary/aromatic N) is 4. The molecule has 2 heterocycles. The van der Waals surface area contributed by atoms with Gasteiger partial charge in [-0.1, -0.05) is 41.1 Å². The predicted molar refractivity (Wildman–Crippen MR) is 134 cm³/mol. The van der Waals surface area contributed by atoms with Gasteiger partial charge in [0, 0.05) is 23.3 Å². The number of halogens is 1. The number of nitro groups is 1. The number of rotatable bonds is 8. The first kappa shape index (κ1) is 24.7. The van der Waals surface area contributed by atoms with Crippen LogP contribution in [0.2, 0.25) is 5.02 Å². The molecule has 2 aromatic carbocycles. The number of anilines is 1. The molecule has 11 nitrogen and oxygen atoms in total. The fourth-order valence-electron chi connectivity index (χ4n) is 3.10. The molecule has 2 amide bonds. The van der Waals surface area contributed by atoms with Crippen LogP contribution < -0.4 is 10.7 Å². The molecule has 0 spiro atoms. The van der Waals surface area contributed by atoms with Gasteiger partial charge >= 0.3 is 0 Å². The number of aromatic nitrogens is 2. The molecule has 0 saturated carbocycles. The maximum atomic E-state index is 12.4. The minimum atomic E-state index is -0.539. The zero-order chi connectivity index (χ0) is 25.7. The summed E-state index contributed by atoms with van der Waals surface area (Å²) in [7, 11) is 0. The molecule has 182 valence electrons. The van der Waals surface area contributed by atoms with E-state index in [-0.39, 0.29) is 28.2 Å². The first-order valence-electron chi connectivity index (χ1n) is 10.4. The van der Waals surface area contributed by atoms with Crippen LogP contribution in [0.3, 0.4) is 0 Å². The maximum Gasteiger partial charge on any atom is 0.270 e. The molecule has 36 heavy (non-hydrogen) atoms. The summed E-state index contributed by atoms with van der Waals surface area (Å²) in [6, 6.07) is 14.4. The van der Waals surface area contributed by atoms with E-state index in [0.29, 0.717) is 27.7 Å². The number of aryl methyl sites for hydroxylation is 1. The van der Waals surface area contributed by atoms with E-state index in [1.807, 2.05) is 19.1 Å². The molecule has 4 rings (SSSR count). The van der Waals surface area contributed by atoms with Gasteiger partial charge in [-0.2, -0.15) is 5.10 Å². The van der Waals surface area contributed by atoms with Gasteiger partial charge in [0.2, 0.25) is 11.0 Å². The quantitative estimate of drug-likeness (QED) is 0.194. The standard InChI is InChI=1S/C23H17ClN6O5S/c1-13-4-2-3-5-16(13)22(32)26-23-29-28-21(36-23)11-20(31)27-25-12-15-7-9-19(35-15)17-8-6-14(30(33)34)10-18(17)24/h2-10,12H,11H2,1H3,(H,27,31)(H,26,29,32)/b25-12-. The van der Waals surface area contributed by atoms with Gasteiger partial charge in [-0.25, -0.2) is 5.43 Å². The normalized spacial score (nSPS) is 10.9. The lowest BCUT2D eigenvalue weighted by molar-refractivity contribution is -0.384. The van der Waals surface area contributed by atoms with E-state index in [9.17, 15) is 19.7 Å². The van der Waals surface area contributed by atoms with Crippen LogP contribution in [0.4, 0.5) is 10.8 Å². The number of hydrogen-bond donors (Lipinski definition) is 2. The Balaban J connectivity index is 1.31. The molecule has 0 bridgehead atoms. The molecule has 2 N–H and O–H groups in total. The second-order valence-corrected chi connectivity index (χ2v) is 8.83. The zero-order valence-corrected chi connectivity index (χ0v) is 20.2. The first-order chi connectivity index (χ1) is 17.3. The van der Waals surface area contributed by atoms with E-state index in [1.165, 1.54) is 24.4 Å². The van der Waals surface area contributed by atoms with Crippen LogP contribution in [0, 0.1) is 17.0 Å². The van der Waals surface area contributed by atoms with Crippen molar-refractivity contribution < 1.29 is 18.9 Å². The minimum Gasteiger partial charge on any atom is -0.455 e. The summed E-state index contributed by atoms with van der Waals surface area (Å²) in [5.41, 5.74) is 4.07. The summed E-state index contributed by atoms with van der Waals surface area (Å²) in [5, 5.41) is 26.1. The molecule has 4 aromatic rings. The van der Waals surface area contributed by atoms with Crippen molar-refractivity contribution in [2.45, 2.75) is 13.3 Å². The van der Waals surface area contributed by atoms with Crippen molar-refractivity contribution in [1.82, 2.24) is 15.6 Å². The number of amides is 2. The Labute approximate surface area is 213 Å². The summed E-state index contributed by atoms with van der Waals surface area (Å²) in [6.07, 6.45) is 1.21. The number of nitrogens with one attached hydrogen (secondary N) is 2. The predicted octanol–water partition coefficient (Wildman–Crippen LogP) is 4.61. The molecule has 13 heteroatoms. The lowest BCUT2D eigenvalue weighted by Crippen LogP contribution is -2.19. The summed E-state index contributed by atoms with van der Waals surface area (Å²) in [4.78, 5) is 34.9. The molecular weight excluding hydrogens is 508 g/mol. The third kappa shape index (κ3) is 5.98. The summed E-state index contributed by atoms with van der Waals surface area (Å²) in [5.74, 6) is -0.0318. The second kappa shape index (κ2) is 10.9. The number of carbonyl (C=O) groups is 2. The van der Waals surface area contributed by atoms with E-state index in [2.05, 4.69) is 26.0 Å². The lowest BCUT2D eigenvalue weighted by atomic mass is 10.1. The summed E-state index contributed by atoms with van der Waals surface area (Å²) < 4.78 is 5.62. The van der Waals surface area contributed by atoms with Crippen molar-refractivity contribution in [2.75, 3.05) is 5.32 Å². The SMILES string of the molecule is Cc1ccccc1C(=O)Nc1nnc(CC(=O)N/N=C\c2ccc(-c3ccc([N+](=O)[O-])cc3Cl)o2)s1. The van der Waals surface area contributed by atoms with Crippen molar-refractivity contribution in [1.29, 1.82) is 0 Å². The van der Waals surface area contributed by atoms with Crippen molar-refractivity contribution in [3.8, 4) is 11.3 Å². The fraction of sp³-hybridized carbons (Fsp3) is 0.0870. The maximum absolute atomic E-state index is 12.4. The number of nitro benzene ring substituents is 1. The van der Waals surface area contributed by atoms with Crippen molar-refractivity contribution in [2.24, 2.45) is 5.10 Å². The van der Waals surface area contributed by atoms with E-state index in [4.69, 9.17) is 16.0 Å². The molecule has 0 fully saturated rings. The average Bonchev–Trinajstić information content (AvgIpc) is 3.48. The first-order valence-corrected chi connectivity index (χ1v) is 11.5. The van der Waals surface area contributed by atoms with Crippen LogP contribution in [0.25, 0.3) is 11.3 Å². The number of furan rings is 1. The molecule has 0 aliphatic rings. The van der Waals surface area contributed by atoms with E-state index < -0.39 is 10.8 Å². The Morgan fingerprint density at radius 3 is 2.75 bits per heavy atom. The highest BCUT2D eigenvalue weighted by atomic mass is 35.5. The van der Waals surface area contributed by atoms with Gasteiger partial charge < -0.3 is 4.42 Å². The third-order valence-corrected chi connectivity index (χ3v) is 5.98. The van der Waals surface area contributed by atoms with Gasteiger partial charge in [-0.3, -0.25) is 25.0 Å². The number of non-ortho nitro benzene ring substituents is 1. The zero-order valence-electron chi connectivity index (χ0n) is 18.6. The van der Waals surface area contributed by atoms with Gasteiger partial charge in [-0.05, 0) is 36.8 Å². The average molecular weight is 525 g/mol. The Morgan fingerprint density at radius 1 is 1.19 bits per heavy atom. The van der Waals surface area contributed by atoms with Gasteiger partial charge in [-0.15, -0.1) is 10.2 Å². The monoisotopic (exact) mass is 524 g/mol. The Bertz CT molecular complexity index is 1480. The molecule has 0 aliphatic carbocycles. The summed E-state index contributed by atoms with van der Waals surface area (Å²) >= 11 is 7.20. The lowest BCUT2D eigenvalue weighted by Gasteiger charge is -2.03. The molecule has 0 aliphatic heterocycles. The third-order valence-electron chi connectivity index (χ3n) is 4.83. The van der Waals surface area contributed by atoms with Crippen LogP contribution in [0.1, 0.15) is 26.7 Å². The number of benzene rings is 2. The van der Waals surface area contributed by atoms with Gasteiger partial charge in [0.05, 0.1) is 22.6 Å². The highest BCUT2D eigenvalue weighted by molar-refractivity contribution is 7.15. The van der Waals surface area contributed by atoms with Gasteiger partial charge in [0.1, 0.15) is 16.5 Å². The van der Waals surface area contributed by atoms with E-state index in [1.54, 1.807) is 24.3 Å². The van der Waals surface area contributed by atoms with Crippen LogP contribution in [0.15, 0.2) is 64.1 Å². The number of hydrogen-bond acceptors (Lipinski definition) is 9. The van der Waals surface area contributed by atoms with Crippen LogP contribution in [-0.2, 0) is 11.2 Å². The molecule has 0 saturated heterocycles. The van der Waals surface area contributed by atoms with E-state index in [0.717, 1.165) is 16.9 Å². The van der Waals surface area contributed by atoms with Crippen molar-refractivity contribution >= 4 is 51.8 Å². The van der Waals surface area contributed by atoms with Crippen LogP contribution in [-0.4, -0.2) is 33.1 Å². The molecule has 0 atom stereocenters.